The van der Waals surface area contributed by atoms with Gasteiger partial charge in [0.05, 0.1) is 6.61 Å². The van der Waals surface area contributed by atoms with Crippen molar-refractivity contribution in [2.75, 3.05) is 13.2 Å². The first kappa shape index (κ1) is 14.9. The van der Waals surface area contributed by atoms with Crippen LogP contribution in [0, 0.1) is 0 Å². The topological polar surface area (TPSA) is 68.2 Å². The lowest BCUT2D eigenvalue weighted by Crippen LogP contribution is -2.43. The van der Waals surface area contributed by atoms with Crippen LogP contribution in [-0.2, 0) is 13.9 Å². The quantitative estimate of drug-likeness (QED) is 0.252. The van der Waals surface area contributed by atoms with Gasteiger partial charge in [-0.1, -0.05) is 34.8 Å². The van der Waals surface area contributed by atoms with Gasteiger partial charge < -0.3 is 14.0 Å². The predicted octanol–water partition coefficient (Wildman–Crippen LogP) is 1.15. The highest BCUT2D eigenvalue weighted by atomic mass is 35.6. The summed E-state index contributed by atoms with van der Waals surface area (Å²) in [7, 11) is -4.15. The van der Waals surface area contributed by atoms with E-state index in [0.29, 0.717) is 0 Å². The Labute approximate surface area is 97.8 Å². The molecule has 0 unspecified atom stereocenters. The van der Waals surface area contributed by atoms with E-state index in [1.165, 1.54) is 0 Å². The average molecular weight is 286 g/mol. The van der Waals surface area contributed by atoms with E-state index in [0.717, 1.165) is 0 Å². The van der Waals surface area contributed by atoms with E-state index in [1.54, 1.807) is 6.92 Å². The third kappa shape index (κ3) is 9.44. The van der Waals surface area contributed by atoms with Crippen LogP contribution in [-0.4, -0.2) is 35.6 Å². The summed E-state index contributed by atoms with van der Waals surface area (Å²) in [4.78, 5) is 22.4. The molecule has 9 heteroatoms. The van der Waals surface area contributed by atoms with Gasteiger partial charge in [0.1, 0.15) is 0 Å². The van der Waals surface area contributed by atoms with E-state index in [1.807, 2.05) is 0 Å². The molecule has 5 nitrogen and oxygen atoms in total. The van der Waals surface area contributed by atoms with Crippen LogP contribution in [0.15, 0.2) is 0 Å². The minimum Gasteiger partial charge on any atom is -0.366 e. The van der Waals surface area contributed by atoms with Crippen LogP contribution in [0.25, 0.3) is 0 Å². The Kier molecular flexibility index (Phi) is 6.87. The van der Waals surface area contributed by atoms with Gasteiger partial charge in [-0.3, -0.25) is 0 Å². The van der Waals surface area contributed by atoms with E-state index in [4.69, 9.17) is 44.4 Å². The van der Waals surface area contributed by atoms with Crippen molar-refractivity contribution in [2.45, 2.75) is 17.1 Å². The molecule has 0 bridgehead atoms. The fourth-order valence-electron chi connectivity index (χ4n) is 0.488. The van der Waals surface area contributed by atoms with Gasteiger partial charge in [0.25, 0.3) is 0 Å². The van der Waals surface area contributed by atoms with E-state index < -0.39 is 12.8 Å². The lowest BCUT2D eigenvalue weighted by molar-refractivity contribution is -0.265. The molecule has 0 aliphatic heterocycles. The summed E-state index contributed by atoms with van der Waals surface area (Å²) < 4.78 is 7.23. The molecule has 14 heavy (non-hydrogen) atoms. The van der Waals surface area contributed by atoms with Crippen molar-refractivity contribution in [3.8, 4) is 0 Å². The highest BCUT2D eigenvalue weighted by Gasteiger charge is 2.38. The molecule has 0 heterocycles. The lowest BCUT2D eigenvalue weighted by atomic mass is 10.5. The van der Waals surface area contributed by atoms with E-state index in [2.05, 4.69) is 13.9 Å². The molecule has 0 aliphatic carbocycles. The summed E-state index contributed by atoms with van der Waals surface area (Å²) in [6.07, 6.45) is 0.0638. The molecule has 0 aromatic carbocycles. The summed E-state index contributed by atoms with van der Waals surface area (Å²) in [6, 6.07) is 0. The predicted molar refractivity (Wildman–Crippen MR) is 53.8 cm³/mol. The van der Waals surface area contributed by atoms with Crippen LogP contribution in [0.2, 0.25) is 0 Å². The van der Waals surface area contributed by atoms with Crippen LogP contribution in [0.3, 0.4) is 0 Å². The van der Waals surface area contributed by atoms with Crippen molar-refractivity contribution >= 4 is 43.9 Å². The molecule has 0 fully saturated rings. The van der Waals surface area contributed by atoms with Gasteiger partial charge >= 0.3 is 9.05 Å². The number of halogens is 3. The Balaban J connectivity index is 3.54. The Morgan fingerprint density at radius 2 is 1.86 bits per heavy atom. The first-order valence-corrected chi connectivity index (χ1v) is 6.57. The van der Waals surface area contributed by atoms with Crippen LogP contribution in [0.5, 0.6) is 0 Å². The summed E-state index contributed by atoms with van der Waals surface area (Å²) in [5.74, 6) is 0. The van der Waals surface area contributed by atoms with Crippen molar-refractivity contribution in [3.63, 3.8) is 0 Å². The van der Waals surface area contributed by atoms with Crippen molar-refractivity contribution < 1.29 is 23.5 Å². The highest BCUT2D eigenvalue weighted by molar-refractivity contribution is 6.67. The molecule has 0 saturated carbocycles. The number of hydrogen-bond donors (Lipinski definition) is 2. The molecule has 2 N–H and O–H groups in total. The third-order valence-corrected chi connectivity index (χ3v) is 2.54. The number of rotatable bonds is 6. The first-order chi connectivity index (χ1) is 6.27. The SMILES string of the molecule is CCO[Si](O)(O)OOCCC(Cl)(Cl)Cl. The van der Waals surface area contributed by atoms with Gasteiger partial charge in [0, 0.05) is 13.0 Å². The second kappa shape index (κ2) is 6.47. The molecule has 0 saturated heterocycles. The van der Waals surface area contributed by atoms with Crippen molar-refractivity contribution in [2.24, 2.45) is 0 Å². The Morgan fingerprint density at radius 3 is 2.29 bits per heavy atom. The minimum absolute atomic E-state index is 0.0638. The maximum absolute atomic E-state index is 8.97. The van der Waals surface area contributed by atoms with Crippen molar-refractivity contribution in [1.82, 2.24) is 0 Å². The van der Waals surface area contributed by atoms with E-state index >= 15 is 0 Å². The fraction of sp³-hybridized carbons (Fsp3) is 1.00. The Hall–Kier alpha value is 0.887. The third-order valence-electron chi connectivity index (χ3n) is 0.969. The monoisotopic (exact) mass is 284 g/mol. The van der Waals surface area contributed by atoms with Crippen LogP contribution < -0.4 is 0 Å². The normalized spacial score (nSPS) is 13.3. The first-order valence-electron chi connectivity index (χ1n) is 3.73. The zero-order chi connectivity index (χ0) is 11.2. The molecule has 0 atom stereocenters. The van der Waals surface area contributed by atoms with E-state index in [-0.39, 0.29) is 19.6 Å². The number of alkyl halides is 3. The van der Waals surface area contributed by atoms with Gasteiger partial charge in [-0.05, 0) is 6.92 Å². The van der Waals surface area contributed by atoms with Gasteiger partial charge in [-0.2, -0.15) is 4.58 Å². The maximum atomic E-state index is 8.97. The van der Waals surface area contributed by atoms with Crippen molar-refractivity contribution in [1.29, 1.82) is 0 Å². The smallest absolute Gasteiger partial charge is 0.366 e. The zero-order valence-corrected chi connectivity index (χ0v) is 10.6. The van der Waals surface area contributed by atoms with Gasteiger partial charge in [-0.15, -0.1) is 0 Å². The summed E-state index contributed by atoms with van der Waals surface area (Å²) in [6.45, 7) is 1.60. The molecular weight excluding hydrogens is 274 g/mol. The van der Waals surface area contributed by atoms with Gasteiger partial charge in [0.2, 0.25) is 0 Å². The molecule has 0 rings (SSSR count). The summed E-state index contributed by atoms with van der Waals surface area (Å²) >= 11 is 16.2. The maximum Gasteiger partial charge on any atom is 0.702 e. The molecular formula is C5H11Cl3O5Si. The molecule has 0 aromatic rings. The van der Waals surface area contributed by atoms with Crippen LogP contribution in [0.1, 0.15) is 13.3 Å². The zero-order valence-electron chi connectivity index (χ0n) is 7.37. The molecule has 0 spiro atoms. The molecule has 0 aliphatic rings. The molecule has 0 amide bonds. The Bertz CT molecular complexity index is 162. The largest absolute Gasteiger partial charge is 0.702 e. The molecule has 86 valence electrons. The average Bonchev–Trinajstić information content (AvgIpc) is 1.96. The second-order valence-electron chi connectivity index (χ2n) is 2.25. The number of hydrogen-bond acceptors (Lipinski definition) is 5. The standard InChI is InChI=1S/C5H11Cl3O5Si/c1-2-12-14(9,10)13-11-4-3-5(6,7)8/h9-10H,2-4H2,1H3. The lowest BCUT2D eigenvalue weighted by Gasteiger charge is -2.15. The van der Waals surface area contributed by atoms with Crippen molar-refractivity contribution in [3.05, 3.63) is 0 Å². The Morgan fingerprint density at radius 1 is 1.29 bits per heavy atom. The molecule has 0 aromatic heterocycles. The van der Waals surface area contributed by atoms with Crippen LogP contribution in [0.4, 0.5) is 0 Å². The summed E-state index contributed by atoms with van der Waals surface area (Å²) in [5.41, 5.74) is 0. The fourth-order valence-corrected chi connectivity index (χ4v) is 1.38. The minimum atomic E-state index is -4.15. The van der Waals surface area contributed by atoms with E-state index in [9.17, 15) is 0 Å². The second-order valence-corrected chi connectivity index (χ2v) is 6.32. The van der Waals surface area contributed by atoms with Crippen LogP contribution >= 0.6 is 34.8 Å². The summed E-state index contributed by atoms with van der Waals surface area (Å²) in [5, 5.41) is 0. The highest BCUT2D eigenvalue weighted by Crippen LogP contribution is 2.29. The van der Waals surface area contributed by atoms with Gasteiger partial charge in [0.15, 0.2) is 3.79 Å². The van der Waals surface area contributed by atoms with Gasteiger partial charge in [-0.25, -0.2) is 4.89 Å². The molecule has 0 radical (unpaired) electrons.